The number of pyridine rings is 1. The first-order valence-corrected chi connectivity index (χ1v) is 5.50. The van der Waals surface area contributed by atoms with Gasteiger partial charge in [0.1, 0.15) is 5.82 Å². The van der Waals surface area contributed by atoms with Crippen molar-refractivity contribution in [3.05, 3.63) is 18.3 Å². The van der Waals surface area contributed by atoms with E-state index >= 15 is 0 Å². The maximum Gasteiger partial charge on any atom is 0.126 e. The Hall–Kier alpha value is -1.25. The summed E-state index contributed by atoms with van der Waals surface area (Å²) in [5, 5.41) is 3.33. The monoisotopic (exact) mass is 207 g/mol. The van der Waals surface area contributed by atoms with E-state index < -0.39 is 0 Å². The SMILES string of the molecule is CCC(C)CNc1ccc(N(C)C)cn1. The Balaban J connectivity index is 2.50. The molecule has 0 saturated carbocycles. The van der Waals surface area contributed by atoms with Gasteiger partial charge in [-0.25, -0.2) is 4.98 Å². The molecular weight excluding hydrogens is 186 g/mol. The van der Waals surface area contributed by atoms with E-state index in [1.165, 1.54) is 6.42 Å². The van der Waals surface area contributed by atoms with Crippen LogP contribution in [-0.4, -0.2) is 25.6 Å². The summed E-state index contributed by atoms with van der Waals surface area (Å²) in [4.78, 5) is 6.40. The van der Waals surface area contributed by atoms with Crippen molar-refractivity contribution in [2.45, 2.75) is 20.3 Å². The molecule has 1 heterocycles. The number of hydrogen-bond acceptors (Lipinski definition) is 3. The average Bonchev–Trinajstić information content (AvgIpc) is 2.26. The predicted octanol–water partition coefficient (Wildman–Crippen LogP) is 2.61. The van der Waals surface area contributed by atoms with Crippen LogP contribution in [0.2, 0.25) is 0 Å². The van der Waals surface area contributed by atoms with E-state index in [0.29, 0.717) is 5.92 Å². The van der Waals surface area contributed by atoms with Crippen LogP contribution in [-0.2, 0) is 0 Å². The second-order valence-corrected chi connectivity index (χ2v) is 4.19. The Kier molecular flexibility index (Phi) is 4.40. The molecule has 3 heteroatoms. The molecule has 84 valence electrons. The lowest BCUT2D eigenvalue weighted by molar-refractivity contribution is 0.592. The summed E-state index contributed by atoms with van der Waals surface area (Å²) in [6.45, 7) is 5.43. The summed E-state index contributed by atoms with van der Waals surface area (Å²) in [5.74, 6) is 1.65. The van der Waals surface area contributed by atoms with Crippen LogP contribution in [0.25, 0.3) is 0 Å². The third-order valence-corrected chi connectivity index (χ3v) is 2.59. The van der Waals surface area contributed by atoms with E-state index in [-0.39, 0.29) is 0 Å². The highest BCUT2D eigenvalue weighted by Crippen LogP contribution is 2.12. The first-order valence-electron chi connectivity index (χ1n) is 5.50. The van der Waals surface area contributed by atoms with Crippen molar-refractivity contribution in [2.24, 2.45) is 5.92 Å². The van der Waals surface area contributed by atoms with Gasteiger partial charge in [-0.2, -0.15) is 0 Å². The zero-order chi connectivity index (χ0) is 11.3. The summed E-state index contributed by atoms with van der Waals surface area (Å²) in [6, 6.07) is 4.10. The number of hydrogen-bond donors (Lipinski definition) is 1. The van der Waals surface area contributed by atoms with Crippen LogP contribution in [0.15, 0.2) is 18.3 Å². The van der Waals surface area contributed by atoms with Crippen LogP contribution >= 0.6 is 0 Å². The molecule has 0 amide bonds. The molecule has 0 bridgehead atoms. The smallest absolute Gasteiger partial charge is 0.126 e. The van der Waals surface area contributed by atoms with Gasteiger partial charge in [-0.15, -0.1) is 0 Å². The minimum absolute atomic E-state index is 0.695. The molecule has 0 aliphatic heterocycles. The molecule has 1 N–H and O–H groups in total. The van der Waals surface area contributed by atoms with Crippen LogP contribution < -0.4 is 10.2 Å². The van der Waals surface area contributed by atoms with Gasteiger partial charge in [-0.05, 0) is 18.1 Å². The third-order valence-electron chi connectivity index (χ3n) is 2.59. The Morgan fingerprint density at radius 1 is 1.40 bits per heavy atom. The number of nitrogens with zero attached hydrogens (tertiary/aromatic N) is 2. The van der Waals surface area contributed by atoms with Crippen LogP contribution in [0.4, 0.5) is 11.5 Å². The van der Waals surface area contributed by atoms with Crippen molar-refractivity contribution in [2.75, 3.05) is 30.9 Å². The fraction of sp³-hybridized carbons (Fsp3) is 0.583. The largest absolute Gasteiger partial charge is 0.376 e. The second-order valence-electron chi connectivity index (χ2n) is 4.19. The maximum atomic E-state index is 4.35. The van der Waals surface area contributed by atoms with E-state index in [1.807, 2.05) is 31.3 Å². The third kappa shape index (κ3) is 3.78. The van der Waals surface area contributed by atoms with E-state index in [4.69, 9.17) is 0 Å². The van der Waals surface area contributed by atoms with Gasteiger partial charge in [0.15, 0.2) is 0 Å². The fourth-order valence-corrected chi connectivity index (χ4v) is 1.18. The van der Waals surface area contributed by atoms with Gasteiger partial charge in [0, 0.05) is 20.6 Å². The molecule has 1 unspecified atom stereocenters. The summed E-state index contributed by atoms with van der Waals surface area (Å²) in [5.41, 5.74) is 1.13. The molecule has 1 rings (SSSR count). The minimum Gasteiger partial charge on any atom is -0.376 e. The van der Waals surface area contributed by atoms with Gasteiger partial charge in [0.05, 0.1) is 11.9 Å². The van der Waals surface area contributed by atoms with Crippen molar-refractivity contribution in [1.82, 2.24) is 4.98 Å². The summed E-state index contributed by atoms with van der Waals surface area (Å²) in [7, 11) is 4.03. The highest BCUT2D eigenvalue weighted by atomic mass is 15.1. The van der Waals surface area contributed by atoms with Crippen molar-refractivity contribution in [3.8, 4) is 0 Å². The van der Waals surface area contributed by atoms with Gasteiger partial charge in [-0.3, -0.25) is 0 Å². The molecule has 0 saturated heterocycles. The molecule has 3 nitrogen and oxygen atoms in total. The number of rotatable bonds is 5. The first kappa shape index (κ1) is 11.8. The highest BCUT2D eigenvalue weighted by molar-refractivity contribution is 5.48. The van der Waals surface area contributed by atoms with E-state index in [9.17, 15) is 0 Å². The molecule has 0 aromatic carbocycles. The predicted molar refractivity (Wildman–Crippen MR) is 66.5 cm³/mol. The van der Waals surface area contributed by atoms with Crippen LogP contribution in [0.1, 0.15) is 20.3 Å². The standard InChI is InChI=1S/C12H21N3/c1-5-10(2)8-13-12-7-6-11(9-14-12)15(3)4/h6-7,9-10H,5,8H2,1-4H3,(H,13,14). The molecule has 0 radical (unpaired) electrons. The summed E-state index contributed by atoms with van der Waals surface area (Å²) < 4.78 is 0. The zero-order valence-corrected chi connectivity index (χ0v) is 10.1. The molecule has 1 aromatic heterocycles. The van der Waals surface area contributed by atoms with E-state index in [2.05, 4.69) is 30.2 Å². The maximum absolute atomic E-state index is 4.35. The van der Waals surface area contributed by atoms with Crippen molar-refractivity contribution < 1.29 is 0 Å². The second kappa shape index (κ2) is 5.59. The van der Waals surface area contributed by atoms with Gasteiger partial charge >= 0.3 is 0 Å². The minimum atomic E-state index is 0.695. The van der Waals surface area contributed by atoms with Gasteiger partial charge in [0.2, 0.25) is 0 Å². The van der Waals surface area contributed by atoms with Gasteiger partial charge < -0.3 is 10.2 Å². The molecule has 0 aliphatic rings. The molecule has 0 aliphatic carbocycles. The quantitative estimate of drug-likeness (QED) is 0.804. The van der Waals surface area contributed by atoms with Crippen molar-refractivity contribution in [1.29, 1.82) is 0 Å². The Bertz CT molecular complexity index is 279. The summed E-state index contributed by atoms with van der Waals surface area (Å²) >= 11 is 0. The van der Waals surface area contributed by atoms with E-state index in [1.54, 1.807) is 0 Å². The lowest BCUT2D eigenvalue weighted by Gasteiger charge is -2.14. The van der Waals surface area contributed by atoms with Gasteiger partial charge in [-0.1, -0.05) is 20.3 Å². The fourth-order valence-electron chi connectivity index (χ4n) is 1.18. The molecule has 1 atom stereocenters. The van der Waals surface area contributed by atoms with Gasteiger partial charge in [0.25, 0.3) is 0 Å². The Morgan fingerprint density at radius 2 is 2.13 bits per heavy atom. The lowest BCUT2D eigenvalue weighted by atomic mass is 10.1. The topological polar surface area (TPSA) is 28.2 Å². The van der Waals surface area contributed by atoms with Crippen molar-refractivity contribution in [3.63, 3.8) is 0 Å². The normalized spacial score (nSPS) is 12.3. The van der Waals surface area contributed by atoms with Crippen LogP contribution in [0.5, 0.6) is 0 Å². The highest BCUT2D eigenvalue weighted by Gasteiger charge is 2.00. The summed E-state index contributed by atoms with van der Waals surface area (Å²) in [6.07, 6.45) is 3.09. The zero-order valence-electron chi connectivity index (χ0n) is 10.1. The molecule has 0 spiro atoms. The molecule has 0 fully saturated rings. The van der Waals surface area contributed by atoms with Crippen molar-refractivity contribution >= 4 is 11.5 Å². The van der Waals surface area contributed by atoms with Crippen LogP contribution in [0.3, 0.4) is 0 Å². The number of aromatic nitrogens is 1. The molecular formula is C12H21N3. The average molecular weight is 207 g/mol. The van der Waals surface area contributed by atoms with E-state index in [0.717, 1.165) is 18.1 Å². The number of anilines is 2. The number of nitrogens with one attached hydrogen (secondary N) is 1. The molecule has 1 aromatic rings. The van der Waals surface area contributed by atoms with Crippen LogP contribution in [0, 0.1) is 5.92 Å². The first-order chi connectivity index (χ1) is 7.13. The Labute approximate surface area is 92.5 Å². The molecule has 15 heavy (non-hydrogen) atoms. The Morgan fingerprint density at radius 3 is 2.60 bits per heavy atom. The lowest BCUT2D eigenvalue weighted by Crippen LogP contribution is -2.12.